The van der Waals surface area contributed by atoms with Crippen LogP contribution in [0.3, 0.4) is 0 Å². The molecule has 4 N–H and O–H groups in total. The lowest BCUT2D eigenvalue weighted by Crippen LogP contribution is -2.52. The minimum atomic E-state index is -1.20. The summed E-state index contributed by atoms with van der Waals surface area (Å²) in [6, 6.07) is -2.20. The molecular weight excluding hydrogens is 368 g/mol. The normalized spacial score (nSPS) is 16.1. The third kappa shape index (κ3) is 10.3. The van der Waals surface area contributed by atoms with Crippen LogP contribution in [0.4, 0.5) is 8.78 Å². The molecule has 0 fully saturated rings. The van der Waals surface area contributed by atoms with Crippen LogP contribution in [-0.4, -0.2) is 61.5 Å². The van der Waals surface area contributed by atoms with Crippen LogP contribution in [0, 0.1) is 17.8 Å². The third-order valence-electron chi connectivity index (χ3n) is 4.66. The molecule has 0 saturated carbocycles. The number of carbonyl (C=O) groups excluding carboxylic acids is 2. The van der Waals surface area contributed by atoms with Gasteiger partial charge >= 0.3 is 0 Å². The molecule has 0 rings (SSSR count). The molecule has 0 unspecified atom stereocenters. The second kappa shape index (κ2) is 13.8. The Kier molecular flexibility index (Phi) is 13.2. The quantitative estimate of drug-likeness (QED) is 0.354. The molecular formula is C20H39F2N3O3. The van der Waals surface area contributed by atoms with Gasteiger partial charge < -0.3 is 21.1 Å². The van der Waals surface area contributed by atoms with Crippen LogP contribution >= 0.6 is 0 Å². The molecule has 0 aromatic rings. The van der Waals surface area contributed by atoms with E-state index in [1.165, 1.54) is 0 Å². The van der Waals surface area contributed by atoms with E-state index in [0.717, 1.165) is 6.42 Å². The Labute approximate surface area is 168 Å². The topological polar surface area (TPSA) is 90.5 Å². The summed E-state index contributed by atoms with van der Waals surface area (Å²) < 4.78 is 25.4. The SMILES string of the molecule is CN[C@@H](CC(C)C)[C@@H](O)C[C@@H](C)C(=O)N[C@@H](CC(C)C)C(=O)NC(CF)CF. The molecule has 0 bridgehead atoms. The average molecular weight is 408 g/mol. The summed E-state index contributed by atoms with van der Waals surface area (Å²) in [5.41, 5.74) is 0. The van der Waals surface area contributed by atoms with Gasteiger partial charge in [-0.2, -0.15) is 0 Å². The van der Waals surface area contributed by atoms with Crippen molar-refractivity contribution in [2.75, 3.05) is 20.4 Å². The fraction of sp³-hybridized carbons (Fsp3) is 0.900. The van der Waals surface area contributed by atoms with Gasteiger partial charge in [0.1, 0.15) is 19.4 Å². The lowest BCUT2D eigenvalue weighted by molar-refractivity contribution is -0.132. The zero-order valence-corrected chi connectivity index (χ0v) is 18.1. The van der Waals surface area contributed by atoms with E-state index in [-0.39, 0.29) is 24.3 Å². The Balaban J connectivity index is 4.93. The molecule has 0 aliphatic heterocycles. The number of aliphatic hydroxyl groups is 1. The summed E-state index contributed by atoms with van der Waals surface area (Å²) in [5.74, 6) is -0.974. The van der Waals surface area contributed by atoms with Gasteiger partial charge in [-0.15, -0.1) is 0 Å². The molecule has 2 amide bonds. The monoisotopic (exact) mass is 407 g/mol. The summed E-state index contributed by atoms with van der Waals surface area (Å²) in [5, 5.41) is 18.5. The van der Waals surface area contributed by atoms with Crippen molar-refractivity contribution in [2.24, 2.45) is 17.8 Å². The standard InChI is InChI=1S/C20H39F2N3O3/c1-12(2)7-16(23-6)18(26)9-14(5)19(27)25-17(8-13(3)4)20(28)24-15(10-21)11-22/h12-18,23,26H,7-11H2,1-6H3,(H,24,28)(H,25,27)/t14-,16+,17+,18+/m1/s1. The number of halogens is 2. The molecule has 0 aromatic heterocycles. The maximum atomic E-state index is 12.7. The number of aliphatic hydroxyl groups excluding tert-OH is 1. The first-order chi connectivity index (χ1) is 13.0. The molecule has 6 nitrogen and oxygen atoms in total. The molecule has 0 radical (unpaired) electrons. The Morgan fingerprint density at radius 3 is 1.82 bits per heavy atom. The number of hydrogen-bond donors (Lipinski definition) is 4. The third-order valence-corrected chi connectivity index (χ3v) is 4.66. The Bertz CT molecular complexity index is 460. The van der Waals surface area contributed by atoms with Crippen molar-refractivity contribution in [1.29, 1.82) is 0 Å². The van der Waals surface area contributed by atoms with Gasteiger partial charge in [0.2, 0.25) is 11.8 Å². The molecule has 166 valence electrons. The molecule has 0 saturated heterocycles. The first-order valence-corrected chi connectivity index (χ1v) is 10.1. The van der Waals surface area contributed by atoms with E-state index >= 15 is 0 Å². The number of hydrogen-bond acceptors (Lipinski definition) is 4. The minimum absolute atomic E-state index is 0.103. The number of nitrogens with one attached hydrogen (secondary N) is 3. The highest BCUT2D eigenvalue weighted by atomic mass is 19.1. The van der Waals surface area contributed by atoms with E-state index in [1.807, 2.05) is 13.8 Å². The van der Waals surface area contributed by atoms with Crippen LogP contribution in [0.1, 0.15) is 53.9 Å². The number of alkyl halides is 2. The van der Waals surface area contributed by atoms with Crippen molar-refractivity contribution in [3.63, 3.8) is 0 Å². The van der Waals surface area contributed by atoms with Gasteiger partial charge in [-0.1, -0.05) is 34.6 Å². The highest BCUT2D eigenvalue weighted by molar-refractivity contribution is 5.88. The van der Waals surface area contributed by atoms with Crippen molar-refractivity contribution in [3.8, 4) is 0 Å². The van der Waals surface area contributed by atoms with Gasteiger partial charge in [-0.3, -0.25) is 9.59 Å². The zero-order valence-electron chi connectivity index (χ0n) is 18.1. The van der Waals surface area contributed by atoms with Gasteiger partial charge in [-0.05, 0) is 38.1 Å². The predicted octanol–water partition coefficient (Wildman–Crippen LogP) is 1.96. The van der Waals surface area contributed by atoms with E-state index < -0.39 is 43.4 Å². The summed E-state index contributed by atoms with van der Waals surface area (Å²) in [4.78, 5) is 24.9. The predicted molar refractivity (Wildman–Crippen MR) is 107 cm³/mol. The molecule has 0 aliphatic carbocycles. The van der Waals surface area contributed by atoms with E-state index in [1.54, 1.807) is 14.0 Å². The molecule has 0 heterocycles. The molecule has 8 heteroatoms. The average Bonchev–Trinajstić information content (AvgIpc) is 2.62. The Hall–Kier alpha value is -1.28. The van der Waals surface area contributed by atoms with Crippen LogP contribution < -0.4 is 16.0 Å². The first kappa shape index (κ1) is 26.7. The van der Waals surface area contributed by atoms with Gasteiger partial charge in [-0.25, -0.2) is 8.78 Å². The summed E-state index contributed by atoms with van der Waals surface area (Å²) in [7, 11) is 1.77. The smallest absolute Gasteiger partial charge is 0.242 e. The van der Waals surface area contributed by atoms with Gasteiger partial charge in [0.15, 0.2) is 0 Å². The minimum Gasteiger partial charge on any atom is -0.391 e. The number of carbonyl (C=O) groups is 2. The van der Waals surface area contributed by atoms with Crippen LogP contribution in [0.2, 0.25) is 0 Å². The van der Waals surface area contributed by atoms with Crippen molar-refractivity contribution in [1.82, 2.24) is 16.0 Å². The van der Waals surface area contributed by atoms with E-state index in [0.29, 0.717) is 12.3 Å². The zero-order chi connectivity index (χ0) is 21.9. The van der Waals surface area contributed by atoms with Crippen molar-refractivity contribution in [3.05, 3.63) is 0 Å². The van der Waals surface area contributed by atoms with Gasteiger partial charge in [0.05, 0.1) is 12.1 Å². The van der Waals surface area contributed by atoms with Crippen LogP contribution in [0.25, 0.3) is 0 Å². The largest absolute Gasteiger partial charge is 0.391 e. The van der Waals surface area contributed by atoms with Crippen LogP contribution in [-0.2, 0) is 9.59 Å². The lowest BCUT2D eigenvalue weighted by Gasteiger charge is -2.27. The lowest BCUT2D eigenvalue weighted by atomic mass is 9.92. The van der Waals surface area contributed by atoms with E-state index in [9.17, 15) is 23.5 Å². The fourth-order valence-corrected chi connectivity index (χ4v) is 3.05. The second-order valence-electron chi connectivity index (χ2n) is 8.43. The maximum absolute atomic E-state index is 12.7. The Morgan fingerprint density at radius 2 is 1.39 bits per heavy atom. The fourth-order valence-electron chi connectivity index (χ4n) is 3.05. The summed E-state index contributed by atoms with van der Waals surface area (Å²) >= 11 is 0. The highest BCUT2D eigenvalue weighted by Crippen LogP contribution is 2.16. The van der Waals surface area contributed by atoms with Crippen molar-refractivity contribution in [2.45, 2.75) is 78.1 Å². The molecule has 0 aromatic carbocycles. The second-order valence-corrected chi connectivity index (χ2v) is 8.43. The first-order valence-electron chi connectivity index (χ1n) is 10.1. The number of rotatable bonds is 14. The molecule has 28 heavy (non-hydrogen) atoms. The molecule has 4 atom stereocenters. The maximum Gasteiger partial charge on any atom is 0.242 e. The Morgan fingerprint density at radius 1 is 0.857 bits per heavy atom. The highest BCUT2D eigenvalue weighted by Gasteiger charge is 2.28. The molecule has 0 aliphatic rings. The van der Waals surface area contributed by atoms with Gasteiger partial charge in [0, 0.05) is 12.0 Å². The summed E-state index contributed by atoms with van der Waals surface area (Å²) in [6.07, 6.45) is 0.675. The summed E-state index contributed by atoms with van der Waals surface area (Å²) in [6.45, 7) is 7.59. The van der Waals surface area contributed by atoms with Crippen LogP contribution in [0.15, 0.2) is 0 Å². The number of likely N-dealkylation sites (N-methyl/N-ethyl adjacent to an activating group) is 1. The molecule has 0 spiro atoms. The van der Waals surface area contributed by atoms with E-state index in [2.05, 4.69) is 29.8 Å². The van der Waals surface area contributed by atoms with E-state index in [4.69, 9.17) is 0 Å². The van der Waals surface area contributed by atoms with Crippen molar-refractivity contribution < 1.29 is 23.5 Å². The van der Waals surface area contributed by atoms with Gasteiger partial charge in [0.25, 0.3) is 0 Å². The van der Waals surface area contributed by atoms with Crippen LogP contribution in [0.5, 0.6) is 0 Å². The number of amides is 2. The van der Waals surface area contributed by atoms with Crippen molar-refractivity contribution >= 4 is 11.8 Å².